The monoisotopic (exact) mass is 616 g/mol. The Kier molecular flexibility index (Phi) is 8.70. The topological polar surface area (TPSA) is 115 Å². The highest BCUT2D eigenvalue weighted by Crippen LogP contribution is 2.39. The van der Waals surface area contributed by atoms with Crippen molar-refractivity contribution in [3.63, 3.8) is 0 Å². The van der Waals surface area contributed by atoms with E-state index in [1.807, 2.05) is 32.9 Å². The molecule has 2 aliphatic rings. The van der Waals surface area contributed by atoms with Gasteiger partial charge in [-0.3, -0.25) is 0 Å². The van der Waals surface area contributed by atoms with Gasteiger partial charge in [-0.2, -0.15) is 13.2 Å². The Bertz CT molecular complexity index is 1510. The van der Waals surface area contributed by atoms with Crippen molar-refractivity contribution in [1.82, 2.24) is 14.9 Å². The molecule has 0 spiro atoms. The van der Waals surface area contributed by atoms with Crippen molar-refractivity contribution in [2.45, 2.75) is 65.0 Å². The molecule has 1 amide bonds. The Morgan fingerprint density at radius 1 is 1.09 bits per heavy atom. The van der Waals surface area contributed by atoms with Gasteiger partial charge >= 0.3 is 12.3 Å². The lowest BCUT2D eigenvalue weighted by Gasteiger charge is -2.37. The second-order valence-electron chi connectivity index (χ2n) is 12.3. The number of hydrogen-bond acceptors (Lipinski definition) is 9. The summed E-state index contributed by atoms with van der Waals surface area (Å²) in [5, 5.41) is 3.94. The van der Waals surface area contributed by atoms with Crippen molar-refractivity contribution in [1.29, 1.82) is 0 Å². The van der Waals surface area contributed by atoms with Crippen molar-refractivity contribution >= 4 is 34.2 Å². The second-order valence-corrected chi connectivity index (χ2v) is 12.3. The molecule has 0 bridgehead atoms. The van der Waals surface area contributed by atoms with E-state index in [9.17, 15) is 18.0 Å². The number of rotatable bonds is 6. The number of nitrogens with zero attached hydrogens (tertiary/aromatic N) is 4. The quantitative estimate of drug-likeness (QED) is 0.325. The molecule has 2 saturated heterocycles. The molecule has 0 saturated carbocycles. The third kappa shape index (κ3) is 7.37. The van der Waals surface area contributed by atoms with Crippen LogP contribution < -0.4 is 20.7 Å². The first-order valence-electron chi connectivity index (χ1n) is 14.7. The maximum Gasteiger partial charge on any atom is 0.416 e. The first-order valence-corrected chi connectivity index (χ1v) is 14.7. The van der Waals surface area contributed by atoms with E-state index >= 15 is 0 Å². The number of hydrogen-bond donors (Lipinski definition) is 2. The Morgan fingerprint density at radius 3 is 2.45 bits per heavy atom. The summed E-state index contributed by atoms with van der Waals surface area (Å²) >= 11 is 0. The van der Waals surface area contributed by atoms with Gasteiger partial charge in [0, 0.05) is 43.7 Å². The van der Waals surface area contributed by atoms with E-state index < -0.39 is 23.4 Å². The summed E-state index contributed by atoms with van der Waals surface area (Å²) < 4.78 is 58.0. The van der Waals surface area contributed by atoms with Gasteiger partial charge in [0.25, 0.3) is 0 Å². The molecule has 0 radical (unpaired) electrons. The van der Waals surface area contributed by atoms with Crippen molar-refractivity contribution in [3.05, 3.63) is 47.3 Å². The largest absolute Gasteiger partial charge is 0.486 e. The van der Waals surface area contributed by atoms with Crippen molar-refractivity contribution in [2.75, 3.05) is 55.3 Å². The number of amides is 1. The van der Waals surface area contributed by atoms with E-state index in [4.69, 9.17) is 19.9 Å². The Hall–Kier alpha value is -4.00. The van der Waals surface area contributed by atoms with Crippen molar-refractivity contribution < 1.29 is 32.2 Å². The minimum atomic E-state index is -4.52. The zero-order chi connectivity index (χ0) is 31.8. The summed E-state index contributed by atoms with van der Waals surface area (Å²) in [6.07, 6.45) is -4.25. The lowest BCUT2D eigenvalue weighted by atomic mass is 10.0. The molecule has 0 aliphatic carbocycles. The zero-order valence-electron chi connectivity index (χ0n) is 25.6. The van der Waals surface area contributed by atoms with Gasteiger partial charge < -0.3 is 35.1 Å². The number of nitrogen functional groups attached to an aromatic ring is 1. The lowest BCUT2D eigenvalue weighted by Crippen LogP contribution is -2.50. The number of halogens is 3. The maximum absolute atomic E-state index is 13.5. The maximum atomic E-state index is 13.5. The van der Waals surface area contributed by atoms with E-state index in [2.05, 4.69) is 20.2 Å². The fourth-order valence-electron chi connectivity index (χ4n) is 5.33. The molecule has 3 aromatic rings. The minimum Gasteiger partial charge on any atom is -0.486 e. The number of carbonyl (C=O) groups is 1. The molecule has 2 aliphatic heterocycles. The molecule has 238 valence electrons. The Balaban J connectivity index is 1.46. The van der Waals surface area contributed by atoms with E-state index in [0.29, 0.717) is 73.3 Å². The van der Waals surface area contributed by atoms with Crippen LogP contribution in [0.4, 0.5) is 35.2 Å². The molecule has 13 heteroatoms. The van der Waals surface area contributed by atoms with Gasteiger partial charge in [-0.1, -0.05) is 0 Å². The number of aryl methyl sites for hydroxylation is 1. The number of carbonyl (C=O) groups excluding carboxylic acids is 1. The van der Waals surface area contributed by atoms with Gasteiger partial charge in [0.1, 0.15) is 29.1 Å². The summed E-state index contributed by atoms with van der Waals surface area (Å²) in [5.74, 6) is 1.57. The first-order chi connectivity index (χ1) is 20.7. The number of nitrogens with one attached hydrogen (secondary N) is 1. The molecule has 44 heavy (non-hydrogen) atoms. The van der Waals surface area contributed by atoms with E-state index in [0.717, 1.165) is 24.2 Å². The molecular weight excluding hydrogens is 577 g/mol. The Morgan fingerprint density at radius 2 is 1.82 bits per heavy atom. The fraction of sp³-hybridized carbons (Fsp3) is 0.516. The van der Waals surface area contributed by atoms with E-state index in [1.54, 1.807) is 18.7 Å². The van der Waals surface area contributed by atoms with Gasteiger partial charge in [-0.15, -0.1) is 0 Å². The zero-order valence-corrected chi connectivity index (χ0v) is 25.6. The predicted octanol–water partition coefficient (Wildman–Crippen LogP) is 5.94. The smallest absolute Gasteiger partial charge is 0.416 e. The highest BCUT2D eigenvalue weighted by Gasteiger charge is 2.32. The van der Waals surface area contributed by atoms with Crippen LogP contribution in [-0.2, 0) is 15.7 Å². The van der Waals surface area contributed by atoms with Crippen LogP contribution in [0.2, 0.25) is 0 Å². The van der Waals surface area contributed by atoms with Crippen LogP contribution in [0.25, 0.3) is 10.9 Å². The molecule has 10 nitrogen and oxygen atoms in total. The molecule has 3 heterocycles. The highest BCUT2D eigenvalue weighted by atomic mass is 19.4. The molecule has 1 unspecified atom stereocenters. The Labute approximate surface area is 254 Å². The van der Waals surface area contributed by atoms with Crippen molar-refractivity contribution in [3.8, 4) is 5.75 Å². The number of piperazine rings is 1. The number of anilines is 3. The average Bonchev–Trinajstić information content (AvgIpc) is 3.44. The van der Waals surface area contributed by atoms with Crippen LogP contribution >= 0.6 is 0 Å². The third-order valence-electron chi connectivity index (χ3n) is 7.50. The molecule has 1 aromatic heterocycles. The molecule has 5 rings (SSSR count). The lowest BCUT2D eigenvalue weighted by molar-refractivity contribution is -0.137. The number of benzene rings is 2. The molecule has 2 aromatic carbocycles. The van der Waals surface area contributed by atoms with Gasteiger partial charge in [0.05, 0.1) is 36.0 Å². The number of fused-ring (bicyclic) bond motifs is 1. The first kappa shape index (κ1) is 31.4. The van der Waals surface area contributed by atoms with E-state index in [-0.39, 0.29) is 17.9 Å². The highest BCUT2D eigenvalue weighted by molar-refractivity contribution is 5.94. The van der Waals surface area contributed by atoms with Crippen LogP contribution in [0.15, 0.2) is 30.3 Å². The number of alkyl halides is 3. The third-order valence-corrected chi connectivity index (χ3v) is 7.50. The molecule has 3 N–H and O–H groups in total. The number of ether oxygens (including phenoxy) is 3. The summed E-state index contributed by atoms with van der Waals surface area (Å²) in [7, 11) is 0. The molecular formula is C31H39F3N6O4. The van der Waals surface area contributed by atoms with Gasteiger partial charge in [-0.25, -0.2) is 14.8 Å². The standard InChI is InChI=1S/C31H39F3N6O4/c1-18(20-12-21(31(32,33)34)14-22(35)13-20)36-28-24-15-27(43-23-6-11-42-17-23)26(16-25(24)37-19(2)38-28)39-7-9-40(10-8-39)29(41)44-30(3,4)5/h12-16,18,23H,6-11,17,35H2,1-5H3,(H,36,37,38)/t18?,23-/m0/s1. The summed E-state index contributed by atoms with van der Waals surface area (Å²) in [6.45, 7) is 12.2. The van der Waals surface area contributed by atoms with Gasteiger partial charge in [0.15, 0.2) is 0 Å². The SMILES string of the molecule is Cc1nc(NC(C)c2cc(N)cc(C(F)(F)F)c2)c2cc(O[C@H]3CCOC3)c(N3CCN(C(=O)OC(C)(C)C)CC3)cc2n1. The number of aromatic nitrogens is 2. The normalized spacial score (nSPS) is 18.4. The molecule has 2 atom stereocenters. The van der Waals surface area contributed by atoms with Crippen molar-refractivity contribution in [2.24, 2.45) is 0 Å². The summed E-state index contributed by atoms with van der Waals surface area (Å²) in [6, 6.07) is 6.80. The molecule has 2 fully saturated rings. The van der Waals surface area contributed by atoms with Crippen LogP contribution in [0.1, 0.15) is 57.1 Å². The number of nitrogens with two attached hydrogens (primary N) is 1. The summed E-state index contributed by atoms with van der Waals surface area (Å²) in [5.41, 5.74) is 6.32. The second kappa shape index (κ2) is 12.2. The predicted molar refractivity (Wildman–Crippen MR) is 162 cm³/mol. The van der Waals surface area contributed by atoms with Crippen LogP contribution in [0, 0.1) is 6.92 Å². The summed E-state index contributed by atoms with van der Waals surface area (Å²) in [4.78, 5) is 25.8. The average molecular weight is 617 g/mol. The minimum absolute atomic E-state index is 0.0260. The van der Waals surface area contributed by atoms with Gasteiger partial charge in [-0.05, 0) is 70.5 Å². The van der Waals surface area contributed by atoms with Crippen LogP contribution in [0.5, 0.6) is 5.75 Å². The van der Waals surface area contributed by atoms with Crippen LogP contribution in [-0.4, -0.2) is 72.1 Å². The van der Waals surface area contributed by atoms with Crippen LogP contribution in [0.3, 0.4) is 0 Å². The van der Waals surface area contributed by atoms with E-state index in [1.165, 1.54) is 6.07 Å². The fourth-order valence-corrected chi connectivity index (χ4v) is 5.33. The van der Waals surface area contributed by atoms with Gasteiger partial charge in [0.2, 0.25) is 0 Å².